The van der Waals surface area contributed by atoms with E-state index in [2.05, 4.69) is 44.1 Å². The van der Waals surface area contributed by atoms with Gasteiger partial charge in [-0.3, -0.25) is 14.5 Å². The van der Waals surface area contributed by atoms with Crippen molar-refractivity contribution in [2.75, 3.05) is 12.8 Å². The first-order valence-corrected chi connectivity index (χ1v) is 12.0. The molecular weight excluding hydrogens is 430 g/mol. The summed E-state index contributed by atoms with van der Waals surface area (Å²) < 4.78 is 4.33. The van der Waals surface area contributed by atoms with E-state index in [9.17, 15) is 4.79 Å². The lowest BCUT2D eigenvalue weighted by molar-refractivity contribution is -0.121. The molecule has 0 aliphatic heterocycles. The van der Waals surface area contributed by atoms with Crippen LogP contribution >= 0.6 is 24.0 Å². The van der Waals surface area contributed by atoms with Gasteiger partial charge in [0.25, 0.3) is 0 Å². The number of aromatic nitrogens is 6. The van der Waals surface area contributed by atoms with Crippen LogP contribution in [0.25, 0.3) is 11.4 Å². The molecule has 166 valence electrons. The predicted molar refractivity (Wildman–Crippen MR) is 126 cm³/mol. The smallest absolute Gasteiger partial charge is 0.240 e. The molecule has 2 heterocycles. The van der Waals surface area contributed by atoms with Gasteiger partial charge in [0.05, 0.1) is 0 Å². The average Bonchev–Trinajstić information content (AvgIpc) is 3.28. The number of nitrogens with zero attached hydrogens (tertiary/aromatic N) is 5. The summed E-state index contributed by atoms with van der Waals surface area (Å²) in [5.41, 5.74) is 2.05. The Labute approximate surface area is 191 Å². The van der Waals surface area contributed by atoms with E-state index in [4.69, 9.17) is 12.2 Å². The molecule has 8 nitrogen and oxygen atoms in total. The van der Waals surface area contributed by atoms with E-state index < -0.39 is 0 Å². The molecule has 0 radical (unpaired) electrons. The molecule has 3 aromatic rings. The molecule has 10 heteroatoms. The molecule has 0 saturated heterocycles. The minimum atomic E-state index is -0.0974. The van der Waals surface area contributed by atoms with Gasteiger partial charge < -0.3 is 9.88 Å². The Morgan fingerprint density at radius 1 is 1.29 bits per heavy atom. The zero-order valence-electron chi connectivity index (χ0n) is 18.4. The van der Waals surface area contributed by atoms with Crippen LogP contribution < -0.4 is 5.32 Å². The Bertz CT molecular complexity index is 1080. The summed E-state index contributed by atoms with van der Waals surface area (Å²) in [6, 6.07) is 7.97. The summed E-state index contributed by atoms with van der Waals surface area (Å²) in [4.78, 5) is 12.5. The molecule has 1 amide bonds. The van der Waals surface area contributed by atoms with Crippen molar-refractivity contribution < 1.29 is 4.79 Å². The van der Waals surface area contributed by atoms with E-state index in [0.717, 1.165) is 41.5 Å². The lowest BCUT2D eigenvalue weighted by atomic mass is 10.1. The molecule has 3 rings (SSSR count). The summed E-state index contributed by atoms with van der Waals surface area (Å²) in [6.07, 6.45) is 3.56. The molecule has 0 bridgehead atoms. The third kappa shape index (κ3) is 6.04. The number of hydrogen-bond acceptors (Lipinski definition) is 6. The highest BCUT2D eigenvalue weighted by atomic mass is 32.2. The topological polar surface area (TPSA) is 93.4 Å². The van der Waals surface area contributed by atoms with Crippen molar-refractivity contribution in [2.45, 2.75) is 51.9 Å². The van der Waals surface area contributed by atoms with Gasteiger partial charge in [-0.15, -0.1) is 10.2 Å². The fourth-order valence-corrected chi connectivity index (χ4v) is 4.07. The second-order valence-electron chi connectivity index (χ2n) is 7.87. The van der Waals surface area contributed by atoms with E-state index in [0.29, 0.717) is 23.1 Å². The number of benzene rings is 1. The molecule has 2 N–H and O–H groups in total. The van der Waals surface area contributed by atoms with Gasteiger partial charge in [-0.2, -0.15) is 5.10 Å². The molecule has 0 atom stereocenters. The normalized spacial score (nSPS) is 11.3. The van der Waals surface area contributed by atoms with Crippen molar-refractivity contribution in [1.29, 1.82) is 0 Å². The lowest BCUT2D eigenvalue weighted by Gasteiger charge is -2.12. The maximum absolute atomic E-state index is 12.5. The van der Waals surface area contributed by atoms with Gasteiger partial charge in [-0.1, -0.05) is 49.4 Å². The summed E-state index contributed by atoms with van der Waals surface area (Å²) in [6.45, 7) is 7.96. The molecule has 1 aromatic carbocycles. The highest BCUT2D eigenvalue weighted by molar-refractivity contribution is 7.98. The molecule has 0 saturated carbocycles. The van der Waals surface area contributed by atoms with Crippen molar-refractivity contribution in [2.24, 2.45) is 5.92 Å². The first kappa shape index (κ1) is 23.2. The Hall–Kier alpha value is -2.46. The van der Waals surface area contributed by atoms with E-state index in [1.807, 2.05) is 37.4 Å². The highest BCUT2D eigenvalue weighted by Gasteiger charge is 2.14. The first-order chi connectivity index (χ1) is 14.9. The predicted octanol–water partition coefficient (Wildman–Crippen LogP) is 3.63. The Balaban J connectivity index is 1.56. The fourth-order valence-electron chi connectivity index (χ4n) is 3.35. The SMILES string of the molecule is CSc1nnc(CCCNC(=O)Cn2c(-c3cccc(C)c3)n[nH]c2=S)n1CC(C)C. The van der Waals surface area contributed by atoms with Gasteiger partial charge in [-0.25, -0.2) is 0 Å². The standard InChI is InChI=1S/C21H29N7OS2/c1-14(2)12-27-17(23-26-21(27)31-4)9-6-10-22-18(29)13-28-19(24-25-20(28)30)16-8-5-7-15(3)11-16/h5,7-8,11,14H,6,9-10,12-13H2,1-4H3,(H,22,29)(H,25,30). The van der Waals surface area contributed by atoms with Crippen LogP contribution in [0.3, 0.4) is 0 Å². The van der Waals surface area contributed by atoms with Gasteiger partial charge in [0.2, 0.25) is 5.91 Å². The molecule has 0 aliphatic rings. The van der Waals surface area contributed by atoms with Gasteiger partial charge >= 0.3 is 0 Å². The van der Waals surface area contributed by atoms with Gasteiger partial charge in [0.1, 0.15) is 12.4 Å². The van der Waals surface area contributed by atoms with Crippen LogP contribution in [-0.4, -0.2) is 48.2 Å². The average molecular weight is 460 g/mol. The number of thioether (sulfide) groups is 1. The number of carbonyl (C=O) groups excluding carboxylic acids is 1. The van der Waals surface area contributed by atoms with Gasteiger partial charge in [0.15, 0.2) is 15.8 Å². The minimum Gasteiger partial charge on any atom is -0.355 e. The van der Waals surface area contributed by atoms with Crippen LogP contribution in [0.4, 0.5) is 0 Å². The molecule has 0 spiro atoms. The zero-order valence-corrected chi connectivity index (χ0v) is 20.0. The number of carbonyl (C=O) groups is 1. The number of H-pyrrole nitrogens is 1. The van der Waals surface area contributed by atoms with E-state index in [-0.39, 0.29) is 12.5 Å². The van der Waals surface area contributed by atoms with Crippen molar-refractivity contribution in [3.8, 4) is 11.4 Å². The monoisotopic (exact) mass is 459 g/mol. The van der Waals surface area contributed by atoms with Crippen LogP contribution in [-0.2, 0) is 24.3 Å². The number of nitrogens with one attached hydrogen (secondary N) is 2. The summed E-state index contributed by atoms with van der Waals surface area (Å²) in [7, 11) is 0. The number of amides is 1. The highest BCUT2D eigenvalue weighted by Crippen LogP contribution is 2.19. The molecular formula is C21H29N7OS2. The third-order valence-corrected chi connectivity index (χ3v) is 5.74. The van der Waals surface area contributed by atoms with Crippen LogP contribution in [0.5, 0.6) is 0 Å². The maximum Gasteiger partial charge on any atom is 0.240 e. The van der Waals surface area contributed by atoms with Crippen LogP contribution in [0.2, 0.25) is 0 Å². The second-order valence-corrected chi connectivity index (χ2v) is 9.03. The molecule has 31 heavy (non-hydrogen) atoms. The van der Waals surface area contributed by atoms with Crippen LogP contribution in [0, 0.1) is 17.6 Å². The van der Waals surface area contributed by atoms with E-state index >= 15 is 0 Å². The largest absolute Gasteiger partial charge is 0.355 e. The molecule has 0 unspecified atom stereocenters. The molecule has 0 fully saturated rings. The minimum absolute atomic E-state index is 0.0974. The van der Waals surface area contributed by atoms with Crippen molar-refractivity contribution >= 4 is 29.9 Å². The summed E-state index contributed by atoms with van der Waals surface area (Å²) in [5, 5.41) is 19.6. The third-order valence-electron chi connectivity index (χ3n) is 4.76. The zero-order chi connectivity index (χ0) is 22.4. The Morgan fingerprint density at radius 2 is 2.10 bits per heavy atom. The number of aromatic amines is 1. The first-order valence-electron chi connectivity index (χ1n) is 10.3. The number of hydrogen-bond donors (Lipinski definition) is 2. The van der Waals surface area contributed by atoms with Gasteiger partial charge in [-0.05, 0) is 43.8 Å². The van der Waals surface area contributed by atoms with E-state index in [1.165, 1.54) is 0 Å². The van der Waals surface area contributed by atoms with Gasteiger partial charge in [0, 0.05) is 25.1 Å². The molecule has 2 aromatic heterocycles. The van der Waals surface area contributed by atoms with Crippen molar-refractivity contribution in [3.63, 3.8) is 0 Å². The second kappa shape index (κ2) is 10.7. The number of aryl methyl sites for hydroxylation is 2. The maximum atomic E-state index is 12.5. The summed E-state index contributed by atoms with van der Waals surface area (Å²) >= 11 is 6.93. The summed E-state index contributed by atoms with van der Waals surface area (Å²) in [5.74, 6) is 2.05. The quantitative estimate of drug-likeness (QED) is 0.273. The van der Waals surface area contributed by atoms with Crippen molar-refractivity contribution in [1.82, 2.24) is 34.8 Å². The number of rotatable bonds is 10. The van der Waals surface area contributed by atoms with Crippen LogP contribution in [0.15, 0.2) is 29.4 Å². The lowest BCUT2D eigenvalue weighted by Crippen LogP contribution is -2.29. The Kier molecular flexibility index (Phi) is 8.03. The fraction of sp³-hybridized carbons (Fsp3) is 0.476. The van der Waals surface area contributed by atoms with E-state index in [1.54, 1.807) is 16.3 Å². The molecule has 0 aliphatic carbocycles. The van der Waals surface area contributed by atoms with Crippen molar-refractivity contribution in [3.05, 3.63) is 40.4 Å². The van der Waals surface area contributed by atoms with Crippen LogP contribution in [0.1, 0.15) is 31.7 Å². The Morgan fingerprint density at radius 3 is 2.81 bits per heavy atom.